The van der Waals surface area contributed by atoms with Gasteiger partial charge < -0.3 is 10.5 Å². The summed E-state index contributed by atoms with van der Waals surface area (Å²) in [5.74, 6) is 0.0963. The highest BCUT2D eigenvalue weighted by Crippen LogP contribution is 2.24. The molecule has 0 saturated carbocycles. The van der Waals surface area contributed by atoms with Crippen LogP contribution in [0.2, 0.25) is 0 Å². The largest absolute Gasteiger partial charge is 0.489 e. The lowest BCUT2D eigenvalue weighted by atomic mass is 10.1. The van der Waals surface area contributed by atoms with Crippen LogP contribution >= 0.6 is 0 Å². The van der Waals surface area contributed by atoms with Crippen LogP contribution in [0.15, 0.2) is 107 Å². The third-order valence-electron chi connectivity index (χ3n) is 6.14. The number of anilines is 1. The molecule has 4 aromatic carbocycles. The molecule has 3 N–H and O–H groups in total. The maximum Gasteiger partial charge on any atom is 0.292 e. The van der Waals surface area contributed by atoms with Crippen molar-refractivity contribution in [2.75, 3.05) is 5.73 Å². The van der Waals surface area contributed by atoms with E-state index in [-0.39, 0.29) is 17.3 Å². The molecule has 196 valence electrons. The Morgan fingerprint density at radius 1 is 0.975 bits per heavy atom. The van der Waals surface area contributed by atoms with Crippen molar-refractivity contribution in [3.8, 4) is 22.8 Å². The molecular formula is C29H22N8O3. The van der Waals surface area contributed by atoms with E-state index in [1.165, 1.54) is 10.9 Å². The van der Waals surface area contributed by atoms with E-state index in [1.54, 1.807) is 0 Å². The van der Waals surface area contributed by atoms with Crippen molar-refractivity contribution < 1.29 is 14.2 Å². The number of nitrogens with two attached hydrogens (primary N) is 1. The zero-order chi connectivity index (χ0) is 27.3. The zero-order valence-corrected chi connectivity index (χ0v) is 21.0. The molecule has 6 aromatic rings. The van der Waals surface area contributed by atoms with Crippen LogP contribution in [0.5, 0.6) is 5.75 Å². The molecule has 40 heavy (non-hydrogen) atoms. The van der Waals surface area contributed by atoms with Crippen molar-refractivity contribution in [1.29, 1.82) is 0 Å². The van der Waals surface area contributed by atoms with Gasteiger partial charge in [0.15, 0.2) is 5.69 Å². The predicted molar refractivity (Wildman–Crippen MR) is 149 cm³/mol. The molecule has 0 radical (unpaired) electrons. The summed E-state index contributed by atoms with van der Waals surface area (Å²) >= 11 is 0. The van der Waals surface area contributed by atoms with E-state index in [0.29, 0.717) is 23.6 Å². The summed E-state index contributed by atoms with van der Waals surface area (Å²) in [5.41, 5.74) is 11.3. The normalized spacial score (nSPS) is 11.2. The highest BCUT2D eigenvalue weighted by Gasteiger charge is 2.25. The number of nitrogens with one attached hydrogen (secondary N) is 1. The number of benzene rings is 4. The number of carbonyl (C=O) groups excluding carboxylic acids is 1. The van der Waals surface area contributed by atoms with Gasteiger partial charge in [0.05, 0.1) is 6.21 Å². The topological polar surface area (TPSA) is 146 Å². The first kappa shape index (κ1) is 24.5. The van der Waals surface area contributed by atoms with E-state index in [2.05, 4.69) is 60.0 Å². The fourth-order valence-corrected chi connectivity index (χ4v) is 4.24. The maximum absolute atomic E-state index is 13.3. The van der Waals surface area contributed by atoms with Crippen LogP contribution in [0.4, 0.5) is 5.82 Å². The smallest absolute Gasteiger partial charge is 0.292 e. The molecule has 0 saturated heterocycles. The number of ether oxygens (including phenoxy) is 1. The van der Waals surface area contributed by atoms with Crippen molar-refractivity contribution in [2.24, 2.45) is 5.10 Å². The lowest BCUT2D eigenvalue weighted by Gasteiger charge is -2.09. The number of nitrogen functional groups attached to an aromatic ring is 1. The van der Waals surface area contributed by atoms with Gasteiger partial charge >= 0.3 is 0 Å². The van der Waals surface area contributed by atoms with Gasteiger partial charge in [-0.1, -0.05) is 90.1 Å². The maximum atomic E-state index is 13.3. The standard InChI is InChI=1S/C29H22N8O3/c30-27-28(35-40-34-27)37-26(25(32-36-37)21-10-2-1-3-11-21)29(38)33-31-17-19-8-6-14-23(16-19)39-18-22-13-7-12-20-9-4-5-15-24(20)22/h1-17H,18H2,(H2,30,34)(H,33,38)/b31-17+. The molecule has 0 aliphatic carbocycles. The van der Waals surface area contributed by atoms with Crippen molar-refractivity contribution in [1.82, 2.24) is 30.7 Å². The number of hydrazone groups is 1. The molecule has 0 aliphatic rings. The number of aromatic nitrogens is 5. The summed E-state index contributed by atoms with van der Waals surface area (Å²) in [5, 5.41) is 22.0. The van der Waals surface area contributed by atoms with Gasteiger partial charge in [-0.15, -0.1) is 5.10 Å². The summed E-state index contributed by atoms with van der Waals surface area (Å²) in [6.07, 6.45) is 1.52. The summed E-state index contributed by atoms with van der Waals surface area (Å²) in [6.45, 7) is 0.415. The number of nitrogens with zero attached hydrogens (tertiary/aromatic N) is 6. The lowest BCUT2D eigenvalue weighted by molar-refractivity contribution is 0.0948. The molecule has 0 atom stereocenters. The van der Waals surface area contributed by atoms with Crippen molar-refractivity contribution in [3.63, 3.8) is 0 Å². The molecule has 2 heterocycles. The number of hydrogen-bond acceptors (Lipinski definition) is 9. The second-order valence-electron chi connectivity index (χ2n) is 8.74. The third kappa shape index (κ3) is 4.98. The molecule has 0 unspecified atom stereocenters. The fourth-order valence-electron chi connectivity index (χ4n) is 4.24. The molecule has 11 heteroatoms. The van der Waals surface area contributed by atoms with Crippen LogP contribution in [0.25, 0.3) is 27.8 Å². The Morgan fingerprint density at radius 3 is 2.62 bits per heavy atom. The van der Waals surface area contributed by atoms with Gasteiger partial charge in [-0.2, -0.15) is 9.78 Å². The second kappa shape index (κ2) is 10.9. The molecular weight excluding hydrogens is 508 g/mol. The highest BCUT2D eigenvalue weighted by atomic mass is 16.6. The SMILES string of the molecule is Nc1nonc1-n1nnc(-c2ccccc2)c1C(=O)N/N=C/c1cccc(OCc2cccc3ccccc23)c1. The second-order valence-corrected chi connectivity index (χ2v) is 8.74. The Labute approximate surface area is 227 Å². The third-order valence-corrected chi connectivity index (χ3v) is 6.14. The Hall–Kier alpha value is -5.84. The quantitative estimate of drug-likeness (QED) is 0.218. The Balaban J connectivity index is 1.19. The minimum Gasteiger partial charge on any atom is -0.489 e. The van der Waals surface area contributed by atoms with E-state index in [1.807, 2.05) is 72.8 Å². The fraction of sp³-hybridized carbons (Fsp3) is 0.0345. The van der Waals surface area contributed by atoms with Crippen molar-refractivity contribution >= 4 is 28.7 Å². The van der Waals surface area contributed by atoms with Gasteiger partial charge in [-0.3, -0.25) is 4.79 Å². The summed E-state index contributed by atoms with van der Waals surface area (Å²) in [6, 6.07) is 30.9. The molecule has 0 bridgehead atoms. The van der Waals surface area contributed by atoms with E-state index in [0.717, 1.165) is 21.9 Å². The average Bonchev–Trinajstić information content (AvgIpc) is 3.63. The van der Waals surface area contributed by atoms with Gasteiger partial charge in [0, 0.05) is 5.56 Å². The Bertz CT molecular complexity index is 1820. The summed E-state index contributed by atoms with van der Waals surface area (Å²) < 4.78 is 11.9. The minimum absolute atomic E-state index is 0.0395. The molecule has 0 spiro atoms. The molecule has 0 aliphatic heterocycles. The van der Waals surface area contributed by atoms with Gasteiger partial charge in [0.2, 0.25) is 11.6 Å². The number of amides is 1. The lowest BCUT2D eigenvalue weighted by Crippen LogP contribution is -2.22. The van der Waals surface area contributed by atoms with Gasteiger partial charge in [-0.25, -0.2) is 10.1 Å². The number of rotatable bonds is 8. The molecule has 11 nitrogen and oxygen atoms in total. The van der Waals surface area contributed by atoms with Gasteiger partial charge in [0.25, 0.3) is 5.91 Å². The zero-order valence-electron chi connectivity index (χ0n) is 21.0. The van der Waals surface area contributed by atoms with E-state index in [9.17, 15) is 4.79 Å². The van der Waals surface area contributed by atoms with Crippen LogP contribution in [-0.2, 0) is 6.61 Å². The predicted octanol–water partition coefficient (Wildman–Crippen LogP) is 4.40. The van der Waals surface area contributed by atoms with Crippen LogP contribution in [-0.4, -0.2) is 37.4 Å². The number of hydrogen-bond donors (Lipinski definition) is 2. The van der Waals surface area contributed by atoms with Crippen LogP contribution in [0.1, 0.15) is 21.6 Å². The van der Waals surface area contributed by atoms with Crippen molar-refractivity contribution in [2.45, 2.75) is 6.61 Å². The molecule has 0 fully saturated rings. The number of fused-ring (bicyclic) bond motifs is 1. The molecule has 2 aromatic heterocycles. The van der Waals surface area contributed by atoms with Gasteiger partial charge in [-0.05, 0) is 44.3 Å². The van der Waals surface area contributed by atoms with E-state index >= 15 is 0 Å². The van der Waals surface area contributed by atoms with Crippen molar-refractivity contribution in [3.05, 3.63) is 114 Å². The average molecular weight is 531 g/mol. The molecule has 1 amide bonds. The van der Waals surface area contributed by atoms with E-state index < -0.39 is 5.91 Å². The first-order valence-electron chi connectivity index (χ1n) is 12.3. The monoisotopic (exact) mass is 530 g/mol. The van der Waals surface area contributed by atoms with E-state index in [4.69, 9.17) is 10.5 Å². The van der Waals surface area contributed by atoms with Gasteiger partial charge in [0.1, 0.15) is 18.1 Å². The first-order valence-corrected chi connectivity index (χ1v) is 12.3. The molecule has 6 rings (SSSR count). The highest BCUT2D eigenvalue weighted by molar-refractivity contribution is 5.99. The first-order chi connectivity index (χ1) is 19.7. The van der Waals surface area contributed by atoms with Crippen LogP contribution < -0.4 is 15.9 Å². The minimum atomic E-state index is -0.578. The Morgan fingerprint density at radius 2 is 1.77 bits per heavy atom. The summed E-state index contributed by atoms with van der Waals surface area (Å²) in [4.78, 5) is 13.3. The van der Waals surface area contributed by atoms with Crippen LogP contribution in [0.3, 0.4) is 0 Å². The number of carbonyl (C=O) groups is 1. The summed E-state index contributed by atoms with van der Waals surface area (Å²) in [7, 11) is 0. The Kier molecular flexibility index (Phi) is 6.66. The van der Waals surface area contributed by atoms with Crippen LogP contribution in [0, 0.1) is 0 Å².